The van der Waals surface area contributed by atoms with E-state index in [1.807, 2.05) is 60.6 Å². The van der Waals surface area contributed by atoms with E-state index in [9.17, 15) is 8.42 Å². The standard InChI is InChI=1S/C18H32O6S.C2H6/c1-6-16-17(7-2)24-15(13-22-16)12-21-10-8-9-11-25(19,20)23-14-18(3,4)5;1-2/h6-7,15H,8-14H2,1-5H3;1-2H3/b16-6+,17-7+;. The Labute approximate surface area is 166 Å². The van der Waals surface area contributed by atoms with Gasteiger partial charge in [-0.2, -0.15) is 8.42 Å². The Morgan fingerprint density at radius 3 is 2.30 bits per heavy atom. The molecule has 0 aromatic rings. The molecular formula is C20H38O6S. The van der Waals surface area contributed by atoms with Crippen molar-refractivity contribution in [2.75, 3.05) is 32.2 Å². The molecule has 1 fully saturated rings. The molecule has 0 aliphatic carbocycles. The third-order valence-electron chi connectivity index (χ3n) is 3.39. The first-order valence-corrected chi connectivity index (χ1v) is 11.3. The van der Waals surface area contributed by atoms with E-state index >= 15 is 0 Å². The fraction of sp³-hybridized carbons (Fsp3) is 0.800. The van der Waals surface area contributed by atoms with E-state index in [4.69, 9.17) is 18.4 Å². The molecule has 0 N–H and O–H groups in total. The molecule has 0 spiro atoms. The van der Waals surface area contributed by atoms with E-state index in [-0.39, 0.29) is 23.9 Å². The number of ether oxygens (including phenoxy) is 3. The summed E-state index contributed by atoms with van der Waals surface area (Å²) in [5, 5.41) is 0. The highest BCUT2D eigenvalue weighted by Gasteiger charge is 2.22. The molecule has 0 radical (unpaired) electrons. The average molecular weight is 407 g/mol. The summed E-state index contributed by atoms with van der Waals surface area (Å²) in [5.41, 5.74) is -0.170. The fourth-order valence-electron chi connectivity index (χ4n) is 2.07. The molecule has 0 bridgehead atoms. The van der Waals surface area contributed by atoms with Gasteiger partial charge in [-0.3, -0.25) is 4.18 Å². The number of rotatable bonds is 9. The third-order valence-corrected chi connectivity index (χ3v) is 4.66. The van der Waals surface area contributed by atoms with Crippen LogP contribution in [0.3, 0.4) is 0 Å². The van der Waals surface area contributed by atoms with Gasteiger partial charge in [-0.15, -0.1) is 0 Å². The Kier molecular flexibility index (Phi) is 12.7. The van der Waals surface area contributed by atoms with Crippen LogP contribution in [0.2, 0.25) is 0 Å². The molecule has 1 aliphatic rings. The molecule has 1 unspecified atom stereocenters. The molecule has 0 aromatic heterocycles. The molecule has 160 valence electrons. The minimum atomic E-state index is -3.46. The summed E-state index contributed by atoms with van der Waals surface area (Å²) in [6, 6.07) is 0. The van der Waals surface area contributed by atoms with Crippen LogP contribution in [0.1, 0.15) is 61.3 Å². The molecule has 6 nitrogen and oxygen atoms in total. The number of hydrogen-bond acceptors (Lipinski definition) is 6. The predicted molar refractivity (Wildman–Crippen MR) is 109 cm³/mol. The maximum atomic E-state index is 11.8. The summed E-state index contributed by atoms with van der Waals surface area (Å²) in [5.74, 6) is 1.49. The van der Waals surface area contributed by atoms with Crippen LogP contribution in [-0.4, -0.2) is 46.7 Å². The Bertz CT molecular complexity index is 558. The van der Waals surface area contributed by atoms with Gasteiger partial charge in [-0.1, -0.05) is 34.6 Å². The maximum absolute atomic E-state index is 11.8. The first-order valence-electron chi connectivity index (χ1n) is 9.74. The molecule has 1 heterocycles. The Hall–Kier alpha value is -1.05. The van der Waals surface area contributed by atoms with Gasteiger partial charge in [0.2, 0.25) is 0 Å². The van der Waals surface area contributed by atoms with Crippen LogP contribution in [0.4, 0.5) is 0 Å². The van der Waals surface area contributed by atoms with Crippen LogP contribution in [0.15, 0.2) is 23.7 Å². The highest BCUT2D eigenvalue weighted by molar-refractivity contribution is 7.86. The molecule has 0 aromatic carbocycles. The lowest BCUT2D eigenvalue weighted by atomic mass is 9.99. The normalized spacial score (nSPS) is 20.6. The average Bonchev–Trinajstić information content (AvgIpc) is 2.64. The SMILES string of the molecule is C/C=C1/OCC(COCCCCS(=O)(=O)OCC(C)(C)C)O/C1=C/C.CC. The molecule has 1 saturated heterocycles. The maximum Gasteiger partial charge on any atom is 0.267 e. The first-order chi connectivity index (χ1) is 12.7. The van der Waals surface area contributed by atoms with Gasteiger partial charge >= 0.3 is 0 Å². The minimum absolute atomic E-state index is 0.0167. The van der Waals surface area contributed by atoms with Crippen molar-refractivity contribution in [1.82, 2.24) is 0 Å². The fourth-order valence-corrected chi connectivity index (χ4v) is 3.28. The second-order valence-corrected chi connectivity index (χ2v) is 8.98. The monoisotopic (exact) mass is 406 g/mol. The van der Waals surface area contributed by atoms with E-state index in [2.05, 4.69) is 0 Å². The van der Waals surface area contributed by atoms with Gasteiger partial charge in [0.15, 0.2) is 17.6 Å². The molecule has 1 rings (SSSR count). The van der Waals surface area contributed by atoms with Gasteiger partial charge in [-0.25, -0.2) is 0 Å². The van der Waals surface area contributed by atoms with E-state index in [0.717, 1.165) is 11.5 Å². The van der Waals surface area contributed by atoms with Gasteiger partial charge in [0, 0.05) is 6.61 Å². The first kappa shape index (κ1) is 26.0. The topological polar surface area (TPSA) is 71.1 Å². The second-order valence-electron chi connectivity index (χ2n) is 7.22. The molecule has 27 heavy (non-hydrogen) atoms. The van der Waals surface area contributed by atoms with Crippen LogP contribution in [0, 0.1) is 5.41 Å². The van der Waals surface area contributed by atoms with Crippen molar-refractivity contribution >= 4 is 10.1 Å². The Morgan fingerprint density at radius 2 is 1.74 bits per heavy atom. The third kappa shape index (κ3) is 12.1. The second kappa shape index (κ2) is 13.2. The van der Waals surface area contributed by atoms with Crippen molar-refractivity contribution in [1.29, 1.82) is 0 Å². The number of unbranched alkanes of at least 4 members (excludes halogenated alkanes) is 1. The lowest BCUT2D eigenvalue weighted by Crippen LogP contribution is -2.30. The number of hydrogen-bond donors (Lipinski definition) is 0. The van der Waals surface area contributed by atoms with Crippen molar-refractivity contribution in [3.63, 3.8) is 0 Å². The smallest absolute Gasteiger partial charge is 0.267 e. The van der Waals surface area contributed by atoms with Crippen LogP contribution in [-0.2, 0) is 28.5 Å². The Balaban J connectivity index is 0.00000326. The zero-order valence-electron chi connectivity index (χ0n) is 18.0. The largest absolute Gasteiger partial charge is 0.486 e. The van der Waals surface area contributed by atoms with Crippen LogP contribution < -0.4 is 0 Å². The highest BCUT2D eigenvalue weighted by atomic mass is 32.2. The van der Waals surface area contributed by atoms with Crippen molar-refractivity contribution in [2.24, 2.45) is 5.41 Å². The lowest BCUT2D eigenvalue weighted by Gasteiger charge is -2.28. The molecule has 0 saturated carbocycles. The number of allylic oxidation sites excluding steroid dienone is 2. The van der Waals surface area contributed by atoms with Crippen LogP contribution >= 0.6 is 0 Å². The summed E-state index contributed by atoms with van der Waals surface area (Å²) in [7, 11) is -3.46. The van der Waals surface area contributed by atoms with Crippen molar-refractivity contribution in [3.8, 4) is 0 Å². The molecule has 0 amide bonds. The Morgan fingerprint density at radius 1 is 1.11 bits per heavy atom. The summed E-state index contributed by atoms with van der Waals surface area (Å²) < 4.78 is 45.6. The summed E-state index contributed by atoms with van der Waals surface area (Å²) in [6.45, 7) is 15.2. The van der Waals surface area contributed by atoms with Crippen LogP contribution in [0.25, 0.3) is 0 Å². The van der Waals surface area contributed by atoms with Crippen molar-refractivity contribution in [2.45, 2.75) is 67.4 Å². The quantitative estimate of drug-likeness (QED) is 0.417. The zero-order chi connectivity index (χ0) is 20.9. The lowest BCUT2D eigenvalue weighted by molar-refractivity contribution is -0.0533. The van der Waals surface area contributed by atoms with Gasteiger partial charge in [0.25, 0.3) is 10.1 Å². The zero-order valence-corrected chi connectivity index (χ0v) is 18.9. The van der Waals surface area contributed by atoms with E-state index in [1.165, 1.54) is 0 Å². The van der Waals surface area contributed by atoms with Gasteiger partial charge in [0.05, 0.1) is 19.0 Å². The van der Waals surface area contributed by atoms with Crippen molar-refractivity contribution < 1.29 is 26.8 Å². The van der Waals surface area contributed by atoms with Crippen molar-refractivity contribution in [3.05, 3.63) is 23.7 Å². The summed E-state index contributed by atoms with van der Waals surface area (Å²) >= 11 is 0. The predicted octanol–water partition coefficient (Wildman–Crippen LogP) is 4.42. The summed E-state index contributed by atoms with van der Waals surface area (Å²) in [4.78, 5) is 0. The van der Waals surface area contributed by atoms with Crippen LogP contribution in [0.5, 0.6) is 0 Å². The molecular weight excluding hydrogens is 368 g/mol. The van der Waals surface area contributed by atoms with E-state index in [1.54, 1.807) is 0 Å². The minimum Gasteiger partial charge on any atom is -0.486 e. The van der Waals surface area contributed by atoms with E-state index in [0.29, 0.717) is 32.7 Å². The molecule has 7 heteroatoms. The molecule has 1 aliphatic heterocycles. The van der Waals surface area contributed by atoms with Gasteiger partial charge in [0.1, 0.15) is 6.61 Å². The van der Waals surface area contributed by atoms with Gasteiger partial charge in [-0.05, 0) is 44.3 Å². The highest BCUT2D eigenvalue weighted by Crippen LogP contribution is 2.22. The molecule has 1 atom stereocenters. The van der Waals surface area contributed by atoms with Gasteiger partial charge < -0.3 is 14.2 Å². The summed E-state index contributed by atoms with van der Waals surface area (Å²) in [6.07, 6.45) is 4.76. The van der Waals surface area contributed by atoms with E-state index < -0.39 is 10.1 Å².